The zero-order valence-corrected chi connectivity index (χ0v) is 17.4. The Labute approximate surface area is 176 Å². The zero-order valence-electron chi connectivity index (χ0n) is 17.4. The number of halogens is 1. The number of pyridine rings is 1. The van der Waals surface area contributed by atoms with E-state index < -0.39 is 0 Å². The van der Waals surface area contributed by atoms with Crippen molar-refractivity contribution in [1.29, 1.82) is 0 Å². The maximum atomic E-state index is 13.1. The van der Waals surface area contributed by atoms with Crippen LogP contribution in [-0.2, 0) is 13.2 Å². The lowest BCUT2D eigenvalue weighted by Crippen LogP contribution is -2.26. The van der Waals surface area contributed by atoms with Crippen molar-refractivity contribution < 1.29 is 13.9 Å². The SMILES string of the molecule is CC(c1ccc(OCc2ccccc2)c(C(=O)NCc2ccc(F)cc2)n1)N(C)C. The van der Waals surface area contributed by atoms with E-state index in [1.165, 1.54) is 12.1 Å². The summed E-state index contributed by atoms with van der Waals surface area (Å²) in [6.45, 7) is 2.63. The standard InChI is InChI=1S/C24H26FN3O2/c1-17(28(2)3)21-13-14-22(30-16-19-7-5-4-6-8-19)23(27-21)24(29)26-15-18-9-11-20(25)12-10-18/h4-14,17H,15-16H2,1-3H3,(H,26,29). The summed E-state index contributed by atoms with van der Waals surface area (Å²) in [5, 5.41) is 2.85. The van der Waals surface area contributed by atoms with Crippen molar-refractivity contribution in [2.75, 3.05) is 14.1 Å². The van der Waals surface area contributed by atoms with Crippen molar-refractivity contribution in [3.63, 3.8) is 0 Å². The summed E-state index contributed by atoms with van der Waals surface area (Å²) in [6, 6.07) is 19.5. The van der Waals surface area contributed by atoms with Crippen LogP contribution in [0, 0.1) is 5.82 Å². The van der Waals surface area contributed by atoms with Crippen molar-refractivity contribution in [1.82, 2.24) is 15.2 Å². The molecular formula is C24H26FN3O2. The average molecular weight is 407 g/mol. The number of hydrogen-bond donors (Lipinski definition) is 1. The number of aromatic nitrogens is 1. The van der Waals surface area contributed by atoms with E-state index in [4.69, 9.17) is 4.74 Å². The highest BCUT2D eigenvalue weighted by molar-refractivity contribution is 5.95. The molecule has 0 fully saturated rings. The van der Waals surface area contributed by atoms with Gasteiger partial charge in [0.25, 0.3) is 5.91 Å². The van der Waals surface area contributed by atoms with E-state index in [0.717, 1.165) is 16.8 Å². The Hall–Kier alpha value is -3.25. The van der Waals surface area contributed by atoms with Gasteiger partial charge in [-0.1, -0.05) is 42.5 Å². The van der Waals surface area contributed by atoms with Gasteiger partial charge in [-0.15, -0.1) is 0 Å². The highest BCUT2D eigenvalue weighted by Crippen LogP contribution is 2.23. The van der Waals surface area contributed by atoms with Crippen molar-refractivity contribution in [3.05, 3.63) is 95.1 Å². The Morgan fingerprint density at radius 3 is 2.40 bits per heavy atom. The number of rotatable bonds is 8. The monoisotopic (exact) mass is 407 g/mol. The van der Waals surface area contributed by atoms with Gasteiger partial charge < -0.3 is 15.0 Å². The minimum absolute atomic E-state index is 0.0387. The lowest BCUT2D eigenvalue weighted by atomic mass is 10.1. The van der Waals surface area contributed by atoms with Crippen LogP contribution in [0.4, 0.5) is 4.39 Å². The second-order valence-corrected chi connectivity index (χ2v) is 7.31. The summed E-state index contributed by atoms with van der Waals surface area (Å²) in [6.07, 6.45) is 0. The first-order valence-corrected chi connectivity index (χ1v) is 9.81. The van der Waals surface area contributed by atoms with Crippen molar-refractivity contribution in [3.8, 4) is 5.75 Å². The fraction of sp³-hybridized carbons (Fsp3) is 0.250. The number of carbonyl (C=O) groups is 1. The number of hydrogen-bond acceptors (Lipinski definition) is 4. The van der Waals surface area contributed by atoms with E-state index in [0.29, 0.717) is 12.4 Å². The Morgan fingerprint density at radius 1 is 1.03 bits per heavy atom. The van der Waals surface area contributed by atoms with Crippen molar-refractivity contribution in [2.45, 2.75) is 26.1 Å². The second-order valence-electron chi connectivity index (χ2n) is 7.31. The quantitative estimate of drug-likeness (QED) is 0.603. The zero-order chi connectivity index (χ0) is 21.5. The average Bonchev–Trinajstić information content (AvgIpc) is 2.77. The van der Waals surface area contributed by atoms with E-state index in [1.54, 1.807) is 18.2 Å². The van der Waals surface area contributed by atoms with Gasteiger partial charge >= 0.3 is 0 Å². The largest absolute Gasteiger partial charge is 0.486 e. The number of benzene rings is 2. The molecule has 0 radical (unpaired) electrons. The Bertz CT molecular complexity index is 976. The highest BCUT2D eigenvalue weighted by Gasteiger charge is 2.19. The van der Waals surface area contributed by atoms with Crippen LogP contribution in [0.25, 0.3) is 0 Å². The molecule has 5 nitrogen and oxygen atoms in total. The second kappa shape index (κ2) is 9.98. The Balaban J connectivity index is 1.80. The minimum atomic E-state index is -0.338. The predicted octanol–water partition coefficient (Wildman–Crippen LogP) is 4.35. The number of nitrogens with one attached hydrogen (secondary N) is 1. The molecule has 1 aromatic heterocycles. The van der Waals surface area contributed by atoms with Gasteiger partial charge in [0.05, 0.1) is 5.69 Å². The molecule has 1 unspecified atom stereocenters. The van der Waals surface area contributed by atoms with Crippen LogP contribution in [0.5, 0.6) is 5.75 Å². The fourth-order valence-electron chi connectivity index (χ4n) is 2.84. The molecular weight excluding hydrogens is 381 g/mol. The molecule has 0 spiro atoms. The van der Waals surface area contributed by atoms with E-state index in [2.05, 4.69) is 10.3 Å². The smallest absolute Gasteiger partial charge is 0.274 e. The van der Waals surface area contributed by atoms with E-state index in [-0.39, 0.29) is 30.0 Å². The summed E-state index contributed by atoms with van der Waals surface area (Å²) in [5.74, 6) is -0.228. The van der Waals surface area contributed by atoms with Crippen LogP contribution >= 0.6 is 0 Å². The highest BCUT2D eigenvalue weighted by atomic mass is 19.1. The predicted molar refractivity (Wildman–Crippen MR) is 115 cm³/mol. The molecule has 156 valence electrons. The maximum Gasteiger partial charge on any atom is 0.274 e. The molecule has 6 heteroatoms. The number of carbonyl (C=O) groups excluding carboxylic acids is 1. The molecule has 0 saturated carbocycles. The van der Waals surface area contributed by atoms with Crippen LogP contribution in [0.2, 0.25) is 0 Å². The van der Waals surface area contributed by atoms with Crippen molar-refractivity contribution in [2.24, 2.45) is 0 Å². The molecule has 0 aliphatic carbocycles. The molecule has 0 saturated heterocycles. The Kier molecular flexibility index (Phi) is 7.14. The third-order valence-corrected chi connectivity index (χ3v) is 4.90. The molecule has 0 bridgehead atoms. The molecule has 3 rings (SSSR count). The number of amides is 1. The van der Waals surface area contributed by atoms with E-state index in [9.17, 15) is 9.18 Å². The summed E-state index contributed by atoms with van der Waals surface area (Å²) >= 11 is 0. The third kappa shape index (κ3) is 5.64. The first-order valence-electron chi connectivity index (χ1n) is 9.81. The summed E-state index contributed by atoms with van der Waals surface area (Å²) in [5.41, 5.74) is 2.81. The van der Waals surface area contributed by atoms with Crippen LogP contribution in [0.1, 0.15) is 40.3 Å². The fourth-order valence-corrected chi connectivity index (χ4v) is 2.84. The normalized spacial score (nSPS) is 11.9. The van der Waals surface area contributed by atoms with Gasteiger partial charge in [-0.3, -0.25) is 4.79 Å². The van der Waals surface area contributed by atoms with Crippen LogP contribution in [-0.4, -0.2) is 29.9 Å². The molecule has 0 aliphatic rings. The molecule has 2 aromatic carbocycles. The lowest BCUT2D eigenvalue weighted by Gasteiger charge is -2.20. The van der Waals surface area contributed by atoms with Crippen molar-refractivity contribution >= 4 is 5.91 Å². The van der Waals surface area contributed by atoms with Crippen LogP contribution in [0.3, 0.4) is 0 Å². The summed E-state index contributed by atoms with van der Waals surface area (Å²) in [7, 11) is 3.92. The molecule has 3 aromatic rings. The Morgan fingerprint density at radius 2 is 1.73 bits per heavy atom. The van der Waals surface area contributed by atoms with E-state index in [1.807, 2.05) is 62.3 Å². The minimum Gasteiger partial charge on any atom is -0.486 e. The maximum absolute atomic E-state index is 13.1. The van der Waals surface area contributed by atoms with Gasteiger partial charge in [0.15, 0.2) is 11.4 Å². The summed E-state index contributed by atoms with van der Waals surface area (Å²) < 4.78 is 19.0. The first kappa shape index (κ1) is 21.5. The van der Waals surface area contributed by atoms with Gasteiger partial charge in [-0.05, 0) is 56.4 Å². The van der Waals surface area contributed by atoms with Gasteiger partial charge in [0, 0.05) is 12.6 Å². The van der Waals surface area contributed by atoms with Crippen LogP contribution in [0.15, 0.2) is 66.7 Å². The van der Waals surface area contributed by atoms with Crippen LogP contribution < -0.4 is 10.1 Å². The lowest BCUT2D eigenvalue weighted by molar-refractivity contribution is 0.0940. The first-order chi connectivity index (χ1) is 14.4. The van der Waals surface area contributed by atoms with Gasteiger partial charge in [-0.2, -0.15) is 0 Å². The van der Waals surface area contributed by atoms with E-state index >= 15 is 0 Å². The van der Waals surface area contributed by atoms with Gasteiger partial charge in [0.2, 0.25) is 0 Å². The molecule has 1 amide bonds. The number of nitrogens with zero attached hydrogens (tertiary/aromatic N) is 2. The molecule has 1 atom stereocenters. The molecule has 1 heterocycles. The topological polar surface area (TPSA) is 54.5 Å². The van der Waals surface area contributed by atoms with Gasteiger partial charge in [-0.25, -0.2) is 9.37 Å². The van der Waals surface area contributed by atoms with Gasteiger partial charge in [0.1, 0.15) is 12.4 Å². The summed E-state index contributed by atoms with van der Waals surface area (Å²) in [4.78, 5) is 19.5. The molecule has 30 heavy (non-hydrogen) atoms. The number of ether oxygens (including phenoxy) is 1. The molecule has 0 aliphatic heterocycles. The third-order valence-electron chi connectivity index (χ3n) is 4.90. The molecule has 1 N–H and O–H groups in total.